The fourth-order valence-electron chi connectivity index (χ4n) is 3.46. The summed E-state index contributed by atoms with van der Waals surface area (Å²) in [6, 6.07) is 18.1. The Morgan fingerprint density at radius 3 is 2.79 bits per heavy atom. The van der Waals surface area contributed by atoms with Gasteiger partial charge in [0.15, 0.2) is 0 Å². The van der Waals surface area contributed by atoms with Crippen LogP contribution >= 0.6 is 0 Å². The van der Waals surface area contributed by atoms with E-state index in [-0.39, 0.29) is 17.7 Å². The van der Waals surface area contributed by atoms with Crippen molar-refractivity contribution in [1.29, 1.82) is 0 Å². The minimum Gasteiger partial charge on any atom is -0.325 e. The van der Waals surface area contributed by atoms with Gasteiger partial charge in [-0.25, -0.2) is 0 Å². The van der Waals surface area contributed by atoms with Gasteiger partial charge in [0.1, 0.15) is 0 Å². The second-order valence-electron chi connectivity index (χ2n) is 6.17. The maximum absolute atomic E-state index is 12.9. The predicted octanol–water partition coefficient (Wildman–Crippen LogP) is 3.18. The van der Waals surface area contributed by atoms with Gasteiger partial charge in [-0.05, 0) is 17.7 Å². The quantitative estimate of drug-likeness (QED) is 0.780. The predicted molar refractivity (Wildman–Crippen MR) is 95.9 cm³/mol. The average Bonchev–Trinajstić information content (AvgIpc) is 3.13. The van der Waals surface area contributed by atoms with Crippen LogP contribution in [0.3, 0.4) is 0 Å². The number of carbonyl (C=O) groups is 1. The molecule has 4 heteroatoms. The highest BCUT2D eigenvalue weighted by Gasteiger charge is 2.33. The lowest BCUT2D eigenvalue weighted by Gasteiger charge is -2.19. The molecule has 2 atom stereocenters. The molecule has 4 nitrogen and oxygen atoms in total. The van der Waals surface area contributed by atoms with Crippen molar-refractivity contribution in [2.45, 2.75) is 5.92 Å². The van der Waals surface area contributed by atoms with Crippen LogP contribution in [-0.2, 0) is 4.79 Å². The van der Waals surface area contributed by atoms with Crippen molar-refractivity contribution in [2.75, 3.05) is 18.4 Å². The van der Waals surface area contributed by atoms with Crippen molar-refractivity contribution in [3.8, 4) is 0 Å². The standard InChI is InChI=1S/C20H19N3O/c24-20(18-13-22-12-17(18)14-5-2-1-3-6-14)23-19-8-4-7-15-11-21-10-9-16(15)19/h1-11,17-18,22H,12-13H2,(H,23,24)/t17-,18-/m1/s1. The summed E-state index contributed by atoms with van der Waals surface area (Å²) in [5.41, 5.74) is 2.06. The van der Waals surface area contributed by atoms with E-state index in [0.29, 0.717) is 6.54 Å². The summed E-state index contributed by atoms with van der Waals surface area (Å²) >= 11 is 0. The van der Waals surface area contributed by atoms with Crippen LogP contribution in [0.4, 0.5) is 5.69 Å². The van der Waals surface area contributed by atoms with Crippen molar-refractivity contribution in [3.05, 3.63) is 72.6 Å². The van der Waals surface area contributed by atoms with Gasteiger partial charge in [0.2, 0.25) is 5.91 Å². The minimum atomic E-state index is -0.0653. The molecule has 0 saturated carbocycles. The summed E-state index contributed by atoms with van der Waals surface area (Å²) in [7, 11) is 0. The van der Waals surface area contributed by atoms with Crippen LogP contribution in [0.2, 0.25) is 0 Å². The maximum Gasteiger partial charge on any atom is 0.229 e. The molecule has 1 aromatic heterocycles. The van der Waals surface area contributed by atoms with E-state index in [0.717, 1.165) is 23.0 Å². The number of hydrogen-bond donors (Lipinski definition) is 2. The maximum atomic E-state index is 12.9. The number of rotatable bonds is 3. The van der Waals surface area contributed by atoms with Crippen LogP contribution in [0.1, 0.15) is 11.5 Å². The molecule has 1 fully saturated rings. The summed E-state index contributed by atoms with van der Waals surface area (Å²) in [5, 5.41) is 8.52. The minimum absolute atomic E-state index is 0.0653. The van der Waals surface area contributed by atoms with Crippen molar-refractivity contribution in [2.24, 2.45) is 5.92 Å². The molecule has 2 aromatic carbocycles. The monoisotopic (exact) mass is 317 g/mol. The van der Waals surface area contributed by atoms with E-state index < -0.39 is 0 Å². The van der Waals surface area contributed by atoms with Crippen molar-refractivity contribution in [3.63, 3.8) is 0 Å². The average molecular weight is 317 g/mol. The third-order valence-electron chi connectivity index (χ3n) is 4.72. The molecule has 0 aliphatic carbocycles. The molecule has 1 aliphatic rings. The zero-order valence-corrected chi connectivity index (χ0v) is 13.3. The molecule has 0 unspecified atom stereocenters. The number of nitrogens with one attached hydrogen (secondary N) is 2. The summed E-state index contributed by atoms with van der Waals surface area (Å²) in [6.07, 6.45) is 3.57. The van der Waals surface area contributed by atoms with Crippen LogP contribution in [0.15, 0.2) is 67.0 Å². The second kappa shape index (κ2) is 6.42. The number of aromatic nitrogens is 1. The van der Waals surface area contributed by atoms with Gasteiger partial charge in [0.25, 0.3) is 0 Å². The first-order valence-corrected chi connectivity index (χ1v) is 8.22. The van der Waals surface area contributed by atoms with Crippen LogP contribution < -0.4 is 10.6 Å². The zero-order chi connectivity index (χ0) is 16.4. The lowest BCUT2D eigenvalue weighted by atomic mass is 9.88. The summed E-state index contributed by atoms with van der Waals surface area (Å²) in [4.78, 5) is 17.0. The lowest BCUT2D eigenvalue weighted by Crippen LogP contribution is -2.28. The molecule has 4 rings (SSSR count). The van der Waals surface area contributed by atoms with Gasteiger partial charge in [0.05, 0.1) is 5.92 Å². The molecule has 0 spiro atoms. The third kappa shape index (κ3) is 2.76. The van der Waals surface area contributed by atoms with Gasteiger partial charge < -0.3 is 10.6 Å². The zero-order valence-electron chi connectivity index (χ0n) is 13.3. The topological polar surface area (TPSA) is 54.0 Å². The fraction of sp³-hybridized carbons (Fsp3) is 0.200. The lowest BCUT2D eigenvalue weighted by molar-refractivity contribution is -0.119. The molecule has 2 N–H and O–H groups in total. The van der Waals surface area contributed by atoms with E-state index in [1.165, 1.54) is 5.56 Å². The van der Waals surface area contributed by atoms with Gasteiger partial charge in [-0.3, -0.25) is 9.78 Å². The number of anilines is 1. The molecule has 3 aromatic rings. The first kappa shape index (κ1) is 14.8. The van der Waals surface area contributed by atoms with Crippen LogP contribution in [-0.4, -0.2) is 24.0 Å². The smallest absolute Gasteiger partial charge is 0.229 e. The first-order valence-electron chi connectivity index (χ1n) is 8.22. The molecule has 1 saturated heterocycles. The molecule has 2 heterocycles. The molecule has 1 aliphatic heterocycles. The SMILES string of the molecule is O=C(Nc1cccc2cnccc12)[C@@H]1CNC[C@@H]1c1ccccc1. The van der Waals surface area contributed by atoms with Crippen molar-refractivity contribution < 1.29 is 4.79 Å². The Labute approximate surface area is 140 Å². The number of hydrogen-bond acceptors (Lipinski definition) is 3. The Hall–Kier alpha value is -2.72. The van der Waals surface area contributed by atoms with E-state index >= 15 is 0 Å². The Kier molecular flexibility index (Phi) is 3.97. The van der Waals surface area contributed by atoms with Gasteiger partial charge in [-0.2, -0.15) is 0 Å². The number of amides is 1. The molecular formula is C20H19N3O. The number of benzene rings is 2. The Balaban J connectivity index is 1.59. The van der Waals surface area contributed by atoms with Gasteiger partial charge in [-0.1, -0.05) is 42.5 Å². The highest BCUT2D eigenvalue weighted by atomic mass is 16.1. The van der Waals surface area contributed by atoms with Crippen molar-refractivity contribution >= 4 is 22.4 Å². The van der Waals surface area contributed by atoms with Crippen LogP contribution in [0.25, 0.3) is 10.8 Å². The van der Waals surface area contributed by atoms with Crippen LogP contribution in [0.5, 0.6) is 0 Å². The number of carbonyl (C=O) groups excluding carboxylic acids is 1. The molecular weight excluding hydrogens is 298 g/mol. The number of fused-ring (bicyclic) bond motifs is 1. The summed E-state index contributed by atoms with van der Waals surface area (Å²) in [5.74, 6) is 0.213. The summed E-state index contributed by atoms with van der Waals surface area (Å²) < 4.78 is 0. The fourth-order valence-corrected chi connectivity index (χ4v) is 3.46. The van der Waals surface area contributed by atoms with E-state index in [1.54, 1.807) is 6.20 Å². The Bertz CT molecular complexity index is 858. The van der Waals surface area contributed by atoms with E-state index in [1.807, 2.05) is 48.7 Å². The third-order valence-corrected chi connectivity index (χ3v) is 4.72. The van der Waals surface area contributed by atoms with E-state index in [4.69, 9.17) is 0 Å². The van der Waals surface area contributed by atoms with Gasteiger partial charge in [0, 0.05) is 47.9 Å². The molecule has 24 heavy (non-hydrogen) atoms. The molecule has 120 valence electrons. The summed E-state index contributed by atoms with van der Waals surface area (Å²) in [6.45, 7) is 1.54. The number of pyridine rings is 1. The Morgan fingerprint density at radius 1 is 1.04 bits per heavy atom. The van der Waals surface area contributed by atoms with Crippen LogP contribution in [0, 0.1) is 5.92 Å². The first-order chi connectivity index (χ1) is 11.8. The normalized spacial score (nSPS) is 20.2. The molecule has 0 radical (unpaired) electrons. The number of nitrogens with zero attached hydrogens (tertiary/aromatic N) is 1. The highest BCUT2D eigenvalue weighted by molar-refractivity contribution is 6.02. The van der Waals surface area contributed by atoms with Gasteiger partial charge >= 0.3 is 0 Å². The molecule has 1 amide bonds. The second-order valence-corrected chi connectivity index (χ2v) is 6.17. The highest BCUT2D eigenvalue weighted by Crippen LogP contribution is 2.30. The van der Waals surface area contributed by atoms with E-state index in [2.05, 4.69) is 27.8 Å². The van der Waals surface area contributed by atoms with E-state index in [9.17, 15) is 4.79 Å². The largest absolute Gasteiger partial charge is 0.325 e. The van der Waals surface area contributed by atoms with Gasteiger partial charge in [-0.15, -0.1) is 0 Å². The molecule has 0 bridgehead atoms. The van der Waals surface area contributed by atoms with Crippen molar-refractivity contribution in [1.82, 2.24) is 10.3 Å². The Morgan fingerprint density at radius 2 is 1.92 bits per heavy atom.